The fourth-order valence-electron chi connectivity index (χ4n) is 0.918. The van der Waals surface area contributed by atoms with Crippen LogP contribution in [0.3, 0.4) is 0 Å². The van der Waals surface area contributed by atoms with E-state index in [9.17, 15) is 4.79 Å². The summed E-state index contributed by atoms with van der Waals surface area (Å²) in [5.74, 6) is -0.594. The molecule has 0 radical (unpaired) electrons. The third-order valence-electron chi connectivity index (χ3n) is 1.67. The van der Waals surface area contributed by atoms with Gasteiger partial charge in [0, 0.05) is 7.05 Å². The predicted molar refractivity (Wildman–Crippen MR) is 49.8 cm³/mol. The van der Waals surface area contributed by atoms with E-state index in [2.05, 4.69) is 14.6 Å². The molecule has 0 unspecified atom stereocenters. The van der Waals surface area contributed by atoms with Crippen LogP contribution in [-0.2, 0) is 4.29 Å². The summed E-state index contributed by atoms with van der Waals surface area (Å²) >= 11 is 4.96. The molecule has 4 nitrogen and oxygen atoms in total. The molecule has 0 saturated carbocycles. The van der Waals surface area contributed by atoms with Gasteiger partial charge in [-0.3, -0.25) is 4.98 Å². The molecule has 0 amide bonds. The average molecular weight is 201 g/mol. The Bertz CT molecular complexity index is 328. The molecule has 0 atom stereocenters. The van der Waals surface area contributed by atoms with Gasteiger partial charge in [0.2, 0.25) is 0 Å². The van der Waals surface area contributed by atoms with Gasteiger partial charge in [-0.25, -0.2) is 4.79 Å². The molecule has 1 heterocycles. The number of aryl methyl sites for hydroxylation is 1. The Hall–Kier alpha value is -1.29. The molecule has 0 fully saturated rings. The maximum Gasteiger partial charge on any atom is 0.358 e. The number of nitrogens with one attached hydrogen (secondary N) is 1. The lowest BCUT2D eigenvalue weighted by atomic mass is 10.2. The maximum absolute atomic E-state index is 11.1. The van der Waals surface area contributed by atoms with Gasteiger partial charge < -0.3 is 9.61 Å². The molecule has 1 rings (SSSR count). The van der Waals surface area contributed by atoms with Crippen LogP contribution in [0.5, 0.6) is 0 Å². The normalized spacial score (nSPS) is 9.46. The molecule has 1 N–H and O–H groups in total. The second-order valence-electron chi connectivity index (χ2n) is 2.47. The Morgan fingerprint density at radius 2 is 2.38 bits per heavy atom. The number of hydrogen-bond donors (Lipinski definition) is 1. The number of halogens is 1. The zero-order valence-electron chi connectivity index (χ0n) is 7.30. The molecule has 0 aliphatic rings. The van der Waals surface area contributed by atoms with E-state index in [-0.39, 0.29) is 0 Å². The van der Waals surface area contributed by atoms with Gasteiger partial charge in [-0.15, -0.1) is 0 Å². The highest BCUT2D eigenvalue weighted by atomic mass is 35.5. The van der Waals surface area contributed by atoms with Gasteiger partial charge in [-0.1, -0.05) is 0 Å². The minimum Gasteiger partial charge on any atom is -0.387 e. The number of carbonyl (C=O) groups excluding carboxylic acids is 1. The van der Waals surface area contributed by atoms with Crippen molar-refractivity contribution in [1.29, 1.82) is 0 Å². The molecule has 70 valence electrons. The minimum absolute atomic E-state index is 0.363. The summed E-state index contributed by atoms with van der Waals surface area (Å²) in [6.45, 7) is 1.71. The summed E-state index contributed by atoms with van der Waals surface area (Å²) in [5.41, 5.74) is 1.69. The molecular weight excluding hydrogens is 192 g/mol. The third kappa shape index (κ3) is 2.09. The van der Waals surface area contributed by atoms with Gasteiger partial charge in [-0.05, 0) is 13.0 Å². The van der Waals surface area contributed by atoms with Crippen LogP contribution in [0, 0.1) is 6.92 Å². The minimum atomic E-state index is -0.594. The van der Waals surface area contributed by atoms with E-state index in [1.165, 1.54) is 0 Å². The molecule has 0 aromatic carbocycles. The fourth-order valence-corrected chi connectivity index (χ4v) is 1.00. The molecule has 0 aliphatic carbocycles. The molecular formula is C8H9ClN2O2. The zero-order valence-corrected chi connectivity index (χ0v) is 8.05. The average Bonchev–Trinajstić information content (AvgIpc) is 2.17. The highest BCUT2D eigenvalue weighted by molar-refractivity contribution is 6.16. The monoisotopic (exact) mass is 200 g/mol. The van der Waals surface area contributed by atoms with Gasteiger partial charge in [0.15, 0.2) is 0 Å². The van der Waals surface area contributed by atoms with Crippen LogP contribution in [0.1, 0.15) is 16.1 Å². The second-order valence-corrected chi connectivity index (χ2v) is 2.63. The largest absolute Gasteiger partial charge is 0.387 e. The van der Waals surface area contributed by atoms with Crippen LogP contribution >= 0.6 is 11.9 Å². The summed E-state index contributed by atoms with van der Waals surface area (Å²) in [5, 5.41) is 2.86. The molecule has 1 aromatic heterocycles. The molecule has 0 bridgehead atoms. The number of hydrogen-bond acceptors (Lipinski definition) is 4. The highest BCUT2D eigenvalue weighted by Gasteiger charge is 2.11. The van der Waals surface area contributed by atoms with E-state index >= 15 is 0 Å². The lowest BCUT2D eigenvalue weighted by Crippen LogP contribution is -2.04. The third-order valence-corrected chi connectivity index (χ3v) is 1.81. The van der Waals surface area contributed by atoms with Crippen molar-refractivity contribution >= 4 is 23.5 Å². The Labute approximate surface area is 81.0 Å². The van der Waals surface area contributed by atoms with Crippen molar-refractivity contribution in [3.05, 3.63) is 23.5 Å². The van der Waals surface area contributed by atoms with Crippen molar-refractivity contribution in [2.24, 2.45) is 0 Å². The first-order valence-corrected chi connectivity index (χ1v) is 3.97. The Morgan fingerprint density at radius 3 is 2.92 bits per heavy atom. The van der Waals surface area contributed by atoms with Crippen LogP contribution < -0.4 is 5.32 Å². The van der Waals surface area contributed by atoms with Crippen molar-refractivity contribution in [3.63, 3.8) is 0 Å². The van der Waals surface area contributed by atoms with E-state index < -0.39 is 5.97 Å². The van der Waals surface area contributed by atoms with Crippen LogP contribution in [0.15, 0.2) is 12.3 Å². The van der Waals surface area contributed by atoms with Gasteiger partial charge >= 0.3 is 5.97 Å². The Kier molecular flexibility index (Phi) is 3.08. The van der Waals surface area contributed by atoms with E-state index in [0.717, 1.165) is 5.69 Å². The van der Waals surface area contributed by atoms with Crippen molar-refractivity contribution in [1.82, 2.24) is 4.98 Å². The first kappa shape index (κ1) is 9.80. The summed E-state index contributed by atoms with van der Waals surface area (Å²) in [4.78, 5) is 15.1. The van der Waals surface area contributed by atoms with Crippen LogP contribution in [-0.4, -0.2) is 18.0 Å². The van der Waals surface area contributed by atoms with E-state index in [1.54, 1.807) is 26.2 Å². The highest BCUT2D eigenvalue weighted by Crippen LogP contribution is 2.13. The van der Waals surface area contributed by atoms with Crippen molar-refractivity contribution < 1.29 is 9.08 Å². The first-order valence-electron chi connectivity index (χ1n) is 3.66. The lowest BCUT2D eigenvalue weighted by Gasteiger charge is -2.04. The van der Waals surface area contributed by atoms with Gasteiger partial charge in [0.1, 0.15) is 11.9 Å². The predicted octanol–water partition coefficient (Wildman–Crippen LogP) is 1.74. The molecule has 13 heavy (non-hydrogen) atoms. The standard InChI is InChI=1S/C8H9ClN2O2/c1-5-7(8(12)13-9)3-6(10-2)4-11-5/h3-4,10H,1-2H3. The molecule has 0 aliphatic heterocycles. The number of carbonyl (C=O) groups is 1. The van der Waals surface area contributed by atoms with Crippen molar-refractivity contribution in [3.8, 4) is 0 Å². The smallest absolute Gasteiger partial charge is 0.358 e. The Morgan fingerprint density at radius 1 is 1.69 bits per heavy atom. The van der Waals surface area contributed by atoms with Crippen LogP contribution in [0.4, 0.5) is 5.69 Å². The SMILES string of the molecule is CNc1cnc(C)c(C(=O)OCl)c1. The van der Waals surface area contributed by atoms with Crippen molar-refractivity contribution in [2.75, 3.05) is 12.4 Å². The molecule has 0 saturated heterocycles. The summed E-state index contributed by atoms with van der Waals surface area (Å²) in [7, 11) is 1.74. The number of rotatable bonds is 2. The number of anilines is 1. The second kappa shape index (κ2) is 4.09. The fraction of sp³-hybridized carbons (Fsp3) is 0.250. The topological polar surface area (TPSA) is 51.2 Å². The summed E-state index contributed by atoms with van der Waals surface area (Å²) in [6, 6.07) is 1.63. The van der Waals surface area contributed by atoms with Crippen LogP contribution in [0.25, 0.3) is 0 Å². The zero-order chi connectivity index (χ0) is 9.84. The van der Waals surface area contributed by atoms with Gasteiger partial charge in [0.05, 0.1) is 23.1 Å². The lowest BCUT2D eigenvalue weighted by molar-refractivity contribution is 0.0750. The summed E-state index contributed by atoms with van der Waals surface area (Å²) < 4.78 is 4.08. The first-order chi connectivity index (χ1) is 6.19. The van der Waals surface area contributed by atoms with Gasteiger partial charge in [0.25, 0.3) is 0 Å². The number of nitrogens with zero attached hydrogens (tertiary/aromatic N) is 1. The number of aromatic nitrogens is 1. The van der Waals surface area contributed by atoms with Gasteiger partial charge in [-0.2, -0.15) is 0 Å². The molecule has 1 aromatic rings. The number of pyridine rings is 1. The Balaban J connectivity index is 3.11. The van der Waals surface area contributed by atoms with Crippen molar-refractivity contribution in [2.45, 2.75) is 6.92 Å². The van der Waals surface area contributed by atoms with E-state index in [0.29, 0.717) is 11.3 Å². The quantitative estimate of drug-likeness (QED) is 0.790. The van der Waals surface area contributed by atoms with E-state index in [1.807, 2.05) is 0 Å². The molecule has 5 heteroatoms. The van der Waals surface area contributed by atoms with E-state index in [4.69, 9.17) is 11.9 Å². The summed E-state index contributed by atoms with van der Waals surface area (Å²) in [6.07, 6.45) is 1.63. The molecule has 0 spiro atoms. The van der Waals surface area contributed by atoms with Crippen LogP contribution in [0.2, 0.25) is 0 Å². The maximum atomic E-state index is 11.1.